The largest absolute Gasteiger partial charge is 0.297 e. The number of benzene rings is 7. The predicted octanol–water partition coefficient (Wildman–Crippen LogP) is -2.98. The van der Waals surface area contributed by atoms with Crippen molar-refractivity contribution in [2.45, 2.75) is 10.3 Å². The fraction of sp³-hybridized carbons (Fsp3) is 0.0488. The molecule has 0 amide bonds. The average molecular weight is 669 g/mol. The van der Waals surface area contributed by atoms with Gasteiger partial charge in [-0.15, -0.1) is 21.5 Å². The van der Waals surface area contributed by atoms with Crippen LogP contribution >= 0.6 is 0 Å². The number of imidazole rings is 1. The van der Waals surface area contributed by atoms with Gasteiger partial charge in [0.05, 0.1) is 34.6 Å². The Labute approximate surface area is 323 Å². The molecule has 8 aromatic rings. The number of hydrogen-bond donors (Lipinski definition) is 0. The number of hydrogen-bond acceptors (Lipinski definition) is 1. The SMILES string of the molecule is Bc1c(B)c(B)c(-c2cccc(-c3c4ccccc4c(-c4cccc(-n5c(C(B)(B)C(B)(B)B)nc6ccccc65)c4)c4ccccc34)c2)c(B)c1B. The number of fused-ring (bicyclic) bond motifs is 3. The van der Waals surface area contributed by atoms with Crippen LogP contribution in [0.25, 0.3) is 71.6 Å². The predicted molar refractivity (Wildman–Crippen MR) is 260 cm³/mol. The second-order valence-corrected chi connectivity index (χ2v) is 16.6. The van der Waals surface area contributed by atoms with Crippen molar-refractivity contribution in [1.82, 2.24) is 9.55 Å². The highest BCUT2D eigenvalue weighted by Gasteiger charge is 2.38. The van der Waals surface area contributed by atoms with E-state index in [2.05, 4.69) is 204 Å². The minimum absolute atomic E-state index is 0.00220. The number of rotatable bonds is 6. The molecular formula is C41H40B10N2. The van der Waals surface area contributed by atoms with Gasteiger partial charge in [-0.05, 0) is 90.5 Å². The van der Waals surface area contributed by atoms with E-state index in [1.165, 1.54) is 82.2 Å². The maximum atomic E-state index is 5.29. The van der Waals surface area contributed by atoms with E-state index in [4.69, 9.17) is 4.98 Å². The summed E-state index contributed by atoms with van der Waals surface area (Å²) in [5, 5.41) is 4.84. The Kier molecular flexibility index (Phi) is 8.60. The molecule has 12 heteroatoms. The minimum Gasteiger partial charge on any atom is -0.297 e. The highest BCUT2D eigenvalue weighted by atomic mass is 15.1. The molecule has 0 unspecified atom stereocenters. The molecule has 0 bridgehead atoms. The molecule has 0 spiro atoms. The third kappa shape index (κ3) is 5.60. The Bertz CT molecular complexity index is 2680. The molecule has 53 heavy (non-hydrogen) atoms. The first-order valence-electron chi connectivity index (χ1n) is 19.0. The topological polar surface area (TPSA) is 17.8 Å². The van der Waals surface area contributed by atoms with Crippen LogP contribution in [0.4, 0.5) is 0 Å². The molecule has 1 aromatic heterocycles. The Morgan fingerprint density at radius 1 is 0.434 bits per heavy atom. The van der Waals surface area contributed by atoms with Crippen LogP contribution in [0, 0.1) is 0 Å². The lowest BCUT2D eigenvalue weighted by atomic mass is 9.23. The summed E-state index contributed by atoms with van der Waals surface area (Å²) in [6.07, 6.45) is 0. The van der Waals surface area contributed by atoms with Gasteiger partial charge in [-0.2, -0.15) is 0 Å². The van der Waals surface area contributed by atoms with Gasteiger partial charge in [0.25, 0.3) is 0 Å². The van der Waals surface area contributed by atoms with E-state index in [1.807, 2.05) is 0 Å². The second kappa shape index (κ2) is 12.9. The third-order valence-corrected chi connectivity index (χ3v) is 12.8. The van der Waals surface area contributed by atoms with Crippen molar-refractivity contribution in [3.63, 3.8) is 0 Å². The van der Waals surface area contributed by atoms with Gasteiger partial charge in [0.2, 0.25) is 0 Å². The Morgan fingerprint density at radius 3 is 1.40 bits per heavy atom. The molecule has 0 saturated carbocycles. The molecule has 2 nitrogen and oxygen atoms in total. The van der Waals surface area contributed by atoms with E-state index in [-0.39, 0.29) is 10.3 Å². The van der Waals surface area contributed by atoms with Crippen molar-refractivity contribution in [3.8, 4) is 39.1 Å². The Hall–Kier alpha value is -4.82. The molecule has 0 aliphatic rings. The van der Waals surface area contributed by atoms with Crippen molar-refractivity contribution < 1.29 is 0 Å². The van der Waals surface area contributed by atoms with E-state index in [1.54, 1.807) is 0 Å². The van der Waals surface area contributed by atoms with Gasteiger partial charge >= 0.3 is 0 Å². The molecule has 0 fully saturated rings. The highest BCUT2D eigenvalue weighted by Crippen LogP contribution is 2.45. The molecule has 0 aliphatic heterocycles. The Morgan fingerprint density at radius 2 is 0.868 bits per heavy atom. The van der Waals surface area contributed by atoms with Crippen LogP contribution in [0.3, 0.4) is 0 Å². The molecule has 8 rings (SSSR count). The van der Waals surface area contributed by atoms with Crippen LogP contribution < -0.4 is 27.3 Å². The summed E-state index contributed by atoms with van der Waals surface area (Å²) in [5.74, 6) is 1.08. The normalized spacial score (nSPS) is 12.2. The van der Waals surface area contributed by atoms with E-state index >= 15 is 0 Å². The van der Waals surface area contributed by atoms with Crippen molar-refractivity contribution >= 4 is 138 Å². The first-order valence-corrected chi connectivity index (χ1v) is 19.0. The number of para-hydroxylation sites is 2. The van der Waals surface area contributed by atoms with Gasteiger partial charge in [0, 0.05) is 5.69 Å². The van der Waals surface area contributed by atoms with Gasteiger partial charge < -0.3 is 0 Å². The van der Waals surface area contributed by atoms with Crippen LogP contribution in [0.15, 0.2) is 121 Å². The minimum atomic E-state index is -0.190. The smallest absolute Gasteiger partial charge is 0.139 e. The fourth-order valence-electron chi connectivity index (χ4n) is 8.36. The summed E-state index contributed by atoms with van der Waals surface area (Å²) in [6, 6.07) is 44.8. The lowest BCUT2D eigenvalue weighted by molar-refractivity contribution is 0.757. The van der Waals surface area contributed by atoms with Crippen molar-refractivity contribution in [3.05, 3.63) is 127 Å². The third-order valence-electron chi connectivity index (χ3n) is 12.8. The average Bonchev–Trinajstić information content (AvgIpc) is 3.56. The zero-order valence-electron chi connectivity index (χ0n) is 32.9. The summed E-state index contributed by atoms with van der Waals surface area (Å²) >= 11 is 0. The summed E-state index contributed by atoms with van der Waals surface area (Å²) in [5.41, 5.74) is 17.8. The van der Waals surface area contributed by atoms with Crippen LogP contribution in [0.2, 0.25) is 5.11 Å². The van der Waals surface area contributed by atoms with Gasteiger partial charge in [-0.1, -0.05) is 102 Å². The van der Waals surface area contributed by atoms with Crippen LogP contribution in [0.1, 0.15) is 5.82 Å². The van der Waals surface area contributed by atoms with Crippen LogP contribution in [0.5, 0.6) is 0 Å². The maximum Gasteiger partial charge on any atom is 0.139 e. The van der Waals surface area contributed by atoms with E-state index < -0.39 is 0 Å². The highest BCUT2D eigenvalue weighted by molar-refractivity contribution is 6.69. The molecule has 0 atom stereocenters. The molecule has 7 aromatic carbocycles. The number of nitrogens with zero attached hydrogens (tertiary/aromatic N) is 2. The molecule has 244 valence electrons. The lowest BCUT2D eigenvalue weighted by Gasteiger charge is -2.39. The summed E-state index contributed by atoms with van der Waals surface area (Å²) < 4.78 is 2.40. The van der Waals surface area contributed by atoms with Gasteiger partial charge in [0.15, 0.2) is 0 Å². The first kappa shape index (κ1) is 35.2. The van der Waals surface area contributed by atoms with Gasteiger partial charge in [0.1, 0.15) is 60.7 Å². The van der Waals surface area contributed by atoms with Crippen LogP contribution in [-0.2, 0) is 5.21 Å². The van der Waals surface area contributed by atoms with E-state index in [9.17, 15) is 0 Å². The van der Waals surface area contributed by atoms with E-state index in [0.29, 0.717) is 0 Å². The Balaban J connectivity index is 1.38. The second-order valence-electron chi connectivity index (χ2n) is 16.6. The number of aromatic nitrogens is 2. The van der Waals surface area contributed by atoms with Crippen LogP contribution in [-0.4, -0.2) is 88.0 Å². The molecular weight excluding hydrogens is 629 g/mol. The van der Waals surface area contributed by atoms with Gasteiger partial charge in [-0.3, -0.25) is 4.57 Å². The molecule has 0 N–H and O–H groups in total. The molecule has 1 heterocycles. The monoisotopic (exact) mass is 670 g/mol. The van der Waals surface area contributed by atoms with Crippen molar-refractivity contribution in [1.29, 1.82) is 0 Å². The summed E-state index contributed by atoms with van der Waals surface area (Å²) in [7, 11) is 22.9. The fourth-order valence-corrected chi connectivity index (χ4v) is 8.36. The standard InChI is InChI=1S/C41H40B10N2/c42-34-33(35(43)37(45)38(46)36(34)44)22-10-7-9-21(19-22)31-25-13-1-3-15-27(25)32(28-16-4-2-14-26(28)31)23-11-8-12-24(20-23)53-30-18-6-5-17-29(30)52-39(53)40(47,48)41(49,50)51/h1-20H,42-51H2. The molecule has 0 saturated heterocycles. The van der Waals surface area contributed by atoms with Crippen molar-refractivity contribution in [2.24, 2.45) is 0 Å². The van der Waals surface area contributed by atoms with E-state index in [0.717, 1.165) is 22.5 Å². The van der Waals surface area contributed by atoms with Crippen molar-refractivity contribution in [2.75, 3.05) is 0 Å². The molecule has 0 radical (unpaired) electrons. The van der Waals surface area contributed by atoms with Gasteiger partial charge in [-0.25, -0.2) is 4.98 Å². The zero-order valence-corrected chi connectivity index (χ0v) is 32.9. The zero-order chi connectivity index (χ0) is 37.4. The quantitative estimate of drug-likeness (QED) is 0.137. The summed E-state index contributed by atoms with van der Waals surface area (Å²) in [6.45, 7) is 0. The first-order chi connectivity index (χ1) is 25.3. The summed E-state index contributed by atoms with van der Waals surface area (Å²) in [4.78, 5) is 5.29. The maximum absolute atomic E-state index is 5.29. The lowest BCUT2D eigenvalue weighted by Crippen LogP contribution is -2.55. The molecule has 0 aliphatic carbocycles.